The molecule has 0 aliphatic heterocycles. The lowest BCUT2D eigenvalue weighted by Gasteiger charge is -2.13. The molecule has 0 fully saturated rings. The second-order valence-electron chi connectivity index (χ2n) is 2.98. The third kappa shape index (κ3) is 2.91. The first-order valence-corrected chi connectivity index (χ1v) is 5.14. The normalized spacial score (nSPS) is 12.1. The van der Waals surface area contributed by atoms with Crippen LogP contribution < -0.4 is 4.74 Å². The van der Waals surface area contributed by atoms with Crippen molar-refractivity contribution >= 4 is 21.9 Å². The summed E-state index contributed by atoms with van der Waals surface area (Å²) >= 11 is 2.93. The van der Waals surface area contributed by atoms with Crippen molar-refractivity contribution in [1.29, 1.82) is 0 Å². The van der Waals surface area contributed by atoms with Crippen LogP contribution in [-0.4, -0.2) is 19.2 Å². The molecule has 16 heavy (non-hydrogen) atoms. The van der Waals surface area contributed by atoms with E-state index >= 15 is 0 Å². The number of carbonyl (C=O) groups is 1. The molecule has 1 atom stereocenters. The van der Waals surface area contributed by atoms with E-state index in [2.05, 4.69) is 20.7 Å². The molecule has 1 rings (SSSR count). The standard InChI is InChI=1S/C10H9BrF2O3/c1-5(10(14)15-2)16-9-7(12)3-6(11)4-8(9)13/h3-5H,1-2H3/t5-/m1/s1. The number of hydrogen-bond acceptors (Lipinski definition) is 3. The summed E-state index contributed by atoms with van der Waals surface area (Å²) in [5, 5.41) is 0. The minimum atomic E-state index is -1.07. The topological polar surface area (TPSA) is 35.5 Å². The van der Waals surface area contributed by atoms with Gasteiger partial charge in [-0.15, -0.1) is 0 Å². The molecule has 3 nitrogen and oxygen atoms in total. The van der Waals surface area contributed by atoms with Gasteiger partial charge in [-0.25, -0.2) is 13.6 Å². The van der Waals surface area contributed by atoms with E-state index < -0.39 is 29.5 Å². The highest BCUT2D eigenvalue weighted by Gasteiger charge is 2.20. The van der Waals surface area contributed by atoms with Gasteiger partial charge in [0.1, 0.15) is 0 Å². The first kappa shape index (κ1) is 12.9. The first-order valence-electron chi connectivity index (χ1n) is 4.34. The summed E-state index contributed by atoms with van der Waals surface area (Å²) in [5.74, 6) is -3.08. The Morgan fingerprint density at radius 2 is 1.88 bits per heavy atom. The van der Waals surface area contributed by atoms with E-state index in [4.69, 9.17) is 4.74 Å². The van der Waals surface area contributed by atoms with Gasteiger partial charge in [-0.1, -0.05) is 15.9 Å². The number of carbonyl (C=O) groups excluding carboxylic acids is 1. The van der Waals surface area contributed by atoms with Crippen LogP contribution in [0.1, 0.15) is 6.92 Å². The molecule has 0 radical (unpaired) electrons. The Bertz CT molecular complexity index is 386. The Kier molecular flexibility index (Phi) is 4.23. The quantitative estimate of drug-likeness (QED) is 0.804. The molecule has 0 heterocycles. The number of esters is 1. The van der Waals surface area contributed by atoms with Crippen molar-refractivity contribution in [1.82, 2.24) is 0 Å². The summed E-state index contributed by atoms with van der Waals surface area (Å²) < 4.78 is 36.0. The first-order chi connectivity index (χ1) is 7.45. The average molecular weight is 295 g/mol. The SMILES string of the molecule is COC(=O)[C@@H](C)Oc1c(F)cc(Br)cc1F. The Hall–Kier alpha value is -1.17. The highest BCUT2D eigenvalue weighted by Crippen LogP contribution is 2.26. The summed E-state index contributed by atoms with van der Waals surface area (Å²) in [6.45, 7) is 1.34. The van der Waals surface area contributed by atoms with Gasteiger partial charge in [-0.2, -0.15) is 0 Å². The zero-order chi connectivity index (χ0) is 12.3. The summed E-state index contributed by atoms with van der Waals surface area (Å²) in [4.78, 5) is 11.0. The van der Waals surface area contributed by atoms with Crippen molar-refractivity contribution in [2.75, 3.05) is 7.11 Å². The number of benzene rings is 1. The zero-order valence-corrected chi connectivity index (χ0v) is 10.2. The predicted molar refractivity (Wildman–Crippen MR) is 56.2 cm³/mol. The third-order valence-corrected chi connectivity index (χ3v) is 2.25. The van der Waals surface area contributed by atoms with E-state index in [1.807, 2.05) is 0 Å². The minimum absolute atomic E-state index is 0.251. The molecule has 0 N–H and O–H groups in total. The second-order valence-corrected chi connectivity index (χ2v) is 3.90. The summed E-state index contributed by atoms with van der Waals surface area (Å²) in [5.41, 5.74) is 0. The Balaban J connectivity index is 2.93. The third-order valence-electron chi connectivity index (χ3n) is 1.79. The highest BCUT2D eigenvalue weighted by atomic mass is 79.9. The van der Waals surface area contributed by atoms with Crippen molar-refractivity contribution < 1.29 is 23.0 Å². The molecule has 0 saturated carbocycles. The minimum Gasteiger partial charge on any atom is -0.473 e. The van der Waals surface area contributed by atoms with E-state index in [1.165, 1.54) is 6.92 Å². The summed E-state index contributed by atoms with van der Waals surface area (Å²) in [6, 6.07) is 2.09. The van der Waals surface area contributed by atoms with Crippen molar-refractivity contribution in [3.63, 3.8) is 0 Å². The highest BCUT2D eigenvalue weighted by molar-refractivity contribution is 9.10. The summed E-state index contributed by atoms with van der Waals surface area (Å²) in [7, 11) is 1.16. The van der Waals surface area contributed by atoms with Crippen molar-refractivity contribution in [3.05, 3.63) is 28.2 Å². The van der Waals surface area contributed by atoms with Crippen LogP contribution in [0.4, 0.5) is 8.78 Å². The largest absolute Gasteiger partial charge is 0.473 e. The molecule has 0 spiro atoms. The second kappa shape index (κ2) is 5.25. The molecule has 0 amide bonds. The molecule has 0 aliphatic rings. The molecule has 0 aromatic heterocycles. The number of halogens is 3. The van der Waals surface area contributed by atoms with Gasteiger partial charge in [0.25, 0.3) is 0 Å². The van der Waals surface area contributed by atoms with Crippen molar-refractivity contribution in [3.8, 4) is 5.75 Å². The van der Waals surface area contributed by atoms with E-state index in [9.17, 15) is 13.6 Å². The molecule has 0 unspecified atom stereocenters. The lowest BCUT2D eigenvalue weighted by molar-refractivity contribution is -0.148. The predicted octanol–water partition coefficient (Wildman–Crippen LogP) is 2.67. The molecule has 0 bridgehead atoms. The van der Waals surface area contributed by atoms with Crippen LogP contribution in [0.5, 0.6) is 5.75 Å². The molecule has 1 aromatic rings. The van der Waals surface area contributed by atoms with Gasteiger partial charge in [-0.05, 0) is 19.1 Å². The number of ether oxygens (including phenoxy) is 2. The number of methoxy groups -OCH3 is 1. The van der Waals surface area contributed by atoms with E-state index in [0.29, 0.717) is 0 Å². The number of rotatable bonds is 3. The smallest absolute Gasteiger partial charge is 0.346 e. The maximum absolute atomic E-state index is 13.3. The maximum atomic E-state index is 13.3. The monoisotopic (exact) mass is 294 g/mol. The molecule has 0 saturated heterocycles. The number of hydrogen-bond donors (Lipinski definition) is 0. The van der Waals surface area contributed by atoms with Gasteiger partial charge in [-0.3, -0.25) is 0 Å². The van der Waals surface area contributed by atoms with Crippen LogP contribution in [0.15, 0.2) is 16.6 Å². The molecule has 0 aliphatic carbocycles. The maximum Gasteiger partial charge on any atom is 0.346 e. The van der Waals surface area contributed by atoms with E-state index in [0.717, 1.165) is 19.2 Å². The van der Waals surface area contributed by atoms with Gasteiger partial charge in [0.2, 0.25) is 0 Å². The fraction of sp³-hybridized carbons (Fsp3) is 0.300. The van der Waals surface area contributed by atoms with Crippen LogP contribution in [0.3, 0.4) is 0 Å². The fourth-order valence-corrected chi connectivity index (χ4v) is 1.43. The van der Waals surface area contributed by atoms with Crippen LogP contribution >= 0.6 is 15.9 Å². The van der Waals surface area contributed by atoms with Crippen molar-refractivity contribution in [2.24, 2.45) is 0 Å². The van der Waals surface area contributed by atoms with Gasteiger partial charge in [0.15, 0.2) is 23.5 Å². The molecule has 1 aromatic carbocycles. The summed E-state index contributed by atoms with van der Waals surface area (Å²) in [6.07, 6.45) is -1.07. The Morgan fingerprint density at radius 1 is 1.38 bits per heavy atom. The molecular formula is C10H9BrF2O3. The van der Waals surface area contributed by atoms with E-state index in [-0.39, 0.29) is 4.47 Å². The Labute approximate surface area is 99.5 Å². The zero-order valence-electron chi connectivity index (χ0n) is 8.59. The van der Waals surface area contributed by atoms with Gasteiger partial charge < -0.3 is 9.47 Å². The van der Waals surface area contributed by atoms with Gasteiger partial charge in [0.05, 0.1) is 7.11 Å². The van der Waals surface area contributed by atoms with Crippen LogP contribution in [0.25, 0.3) is 0 Å². The lowest BCUT2D eigenvalue weighted by Crippen LogP contribution is -2.25. The molecule has 6 heteroatoms. The van der Waals surface area contributed by atoms with Crippen LogP contribution in [0, 0.1) is 11.6 Å². The molecule has 88 valence electrons. The molecular weight excluding hydrogens is 286 g/mol. The lowest BCUT2D eigenvalue weighted by atomic mass is 10.3. The van der Waals surface area contributed by atoms with E-state index in [1.54, 1.807) is 0 Å². The average Bonchev–Trinajstić information content (AvgIpc) is 2.21. The van der Waals surface area contributed by atoms with Crippen molar-refractivity contribution in [2.45, 2.75) is 13.0 Å². The fourth-order valence-electron chi connectivity index (χ4n) is 1.03. The van der Waals surface area contributed by atoms with Gasteiger partial charge in [0, 0.05) is 4.47 Å². The van der Waals surface area contributed by atoms with Crippen LogP contribution in [0.2, 0.25) is 0 Å². The van der Waals surface area contributed by atoms with Gasteiger partial charge >= 0.3 is 5.97 Å². The Morgan fingerprint density at radius 3 is 2.31 bits per heavy atom. The van der Waals surface area contributed by atoms with Crippen LogP contribution in [-0.2, 0) is 9.53 Å².